The predicted octanol–water partition coefficient (Wildman–Crippen LogP) is 4.84. The minimum atomic E-state index is 0.149. The monoisotopic (exact) mass is 292 g/mol. The molecule has 0 N–H and O–H groups in total. The van der Waals surface area contributed by atoms with Crippen molar-refractivity contribution in [3.8, 4) is 0 Å². The molecular weight excluding hydrogens is 264 g/mol. The second-order valence-corrected chi connectivity index (χ2v) is 9.48. The van der Waals surface area contributed by atoms with Gasteiger partial charge in [0, 0.05) is 10.7 Å². The first-order valence-electron chi connectivity index (χ1n) is 8.88. The van der Waals surface area contributed by atoms with E-state index in [1.165, 1.54) is 70.6 Å². The van der Waals surface area contributed by atoms with Crippen LogP contribution in [0.2, 0.25) is 0 Å². The number of ketones is 1. The van der Waals surface area contributed by atoms with Gasteiger partial charge in [-0.1, -0.05) is 19.3 Å². The molecule has 5 rings (SSSR count). The standard InChI is InChI=1S/C18H28OS/c19-17(12-20-16-4-2-1-3-5-16)18-9-13-6-14(10-18)8-15(7-13)11-18/h13-16H,1-12H2. The van der Waals surface area contributed by atoms with Gasteiger partial charge >= 0.3 is 0 Å². The van der Waals surface area contributed by atoms with Crippen molar-refractivity contribution in [2.45, 2.75) is 75.9 Å². The zero-order valence-corrected chi connectivity index (χ0v) is 13.4. The summed E-state index contributed by atoms with van der Waals surface area (Å²) in [5.74, 6) is 4.20. The van der Waals surface area contributed by atoms with Gasteiger partial charge in [-0.3, -0.25) is 4.79 Å². The van der Waals surface area contributed by atoms with E-state index in [-0.39, 0.29) is 5.41 Å². The van der Waals surface area contributed by atoms with Crippen LogP contribution in [-0.2, 0) is 4.79 Å². The van der Waals surface area contributed by atoms with E-state index < -0.39 is 0 Å². The molecule has 20 heavy (non-hydrogen) atoms. The van der Waals surface area contributed by atoms with Crippen LogP contribution < -0.4 is 0 Å². The minimum Gasteiger partial charge on any atom is -0.298 e. The summed E-state index contributed by atoms with van der Waals surface area (Å²) in [7, 11) is 0. The Hall–Kier alpha value is 0.0200. The van der Waals surface area contributed by atoms with Gasteiger partial charge in [0.05, 0.1) is 5.75 Å². The van der Waals surface area contributed by atoms with Crippen LogP contribution in [0.5, 0.6) is 0 Å². The van der Waals surface area contributed by atoms with E-state index in [1.54, 1.807) is 0 Å². The number of hydrogen-bond acceptors (Lipinski definition) is 2. The molecule has 0 aliphatic heterocycles. The van der Waals surface area contributed by atoms with Crippen molar-refractivity contribution in [2.24, 2.45) is 23.2 Å². The summed E-state index contributed by atoms with van der Waals surface area (Å²) in [5.41, 5.74) is 0.149. The van der Waals surface area contributed by atoms with Crippen LogP contribution in [0, 0.1) is 23.2 Å². The van der Waals surface area contributed by atoms with Crippen molar-refractivity contribution < 1.29 is 4.79 Å². The lowest BCUT2D eigenvalue weighted by Gasteiger charge is -2.56. The third-order valence-electron chi connectivity index (χ3n) is 6.63. The maximum absolute atomic E-state index is 12.9. The topological polar surface area (TPSA) is 17.1 Å². The fraction of sp³-hybridized carbons (Fsp3) is 0.944. The molecule has 5 aliphatic carbocycles. The number of hydrogen-bond donors (Lipinski definition) is 0. The SMILES string of the molecule is O=C(CSC1CCCCC1)C12CC3CC(CC(C3)C1)C2. The highest BCUT2D eigenvalue weighted by atomic mass is 32.2. The molecular formula is C18H28OS. The lowest BCUT2D eigenvalue weighted by Crippen LogP contribution is -2.50. The molecule has 0 aromatic rings. The third kappa shape index (κ3) is 2.46. The fourth-order valence-electron chi connectivity index (χ4n) is 6.03. The highest BCUT2D eigenvalue weighted by Crippen LogP contribution is 2.60. The first kappa shape index (κ1) is 13.7. The van der Waals surface area contributed by atoms with Crippen LogP contribution in [0.1, 0.15) is 70.6 Å². The lowest BCUT2D eigenvalue weighted by molar-refractivity contribution is -0.141. The van der Waals surface area contributed by atoms with Crippen molar-refractivity contribution >= 4 is 17.5 Å². The summed E-state index contributed by atoms with van der Waals surface area (Å²) in [6.45, 7) is 0. The quantitative estimate of drug-likeness (QED) is 0.737. The average molecular weight is 292 g/mol. The van der Waals surface area contributed by atoms with Gasteiger partial charge < -0.3 is 0 Å². The van der Waals surface area contributed by atoms with E-state index in [2.05, 4.69) is 0 Å². The van der Waals surface area contributed by atoms with Crippen molar-refractivity contribution in [3.63, 3.8) is 0 Å². The molecule has 5 aliphatic rings. The van der Waals surface area contributed by atoms with Crippen LogP contribution in [0.3, 0.4) is 0 Å². The Morgan fingerprint density at radius 1 is 0.900 bits per heavy atom. The molecule has 0 amide bonds. The Kier molecular flexibility index (Phi) is 3.65. The summed E-state index contributed by atoms with van der Waals surface area (Å²) in [4.78, 5) is 12.9. The van der Waals surface area contributed by atoms with Crippen LogP contribution in [0.15, 0.2) is 0 Å². The molecule has 5 fully saturated rings. The van der Waals surface area contributed by atoms with Gasteiger partial charge in [0.15, 0.2) is 0 Å². The second kappa shape index (κ2) is 5.34. The van der Waals surface area contributed by atoms with E-state index in [0.717, 1.165) is 28.8 Å². The molecule has 0 unspecified atom stereocenters. The molecule has 2 heteroatoms. The van der Waals surface area contributed by atoms with Crippen molar-refractivity contribution in [1.82, 2.24) is 0 Å². The van der Waals surface area contributed by atoms with E-state index in [9.17, 15) is 4.79 Å². The largest absolute Gasteiger partial charge is 0.298 e. The number of thioether (sulfide) groups is 1. The Morgan fingerprint density at radius 3 is 2.00 bits per heavy atom. The lowest BCUT2D eigenvalue weighted by atomic mass is 9.48. The van der Waals surface area contributed by atoms with Gasteiger partial charge in [-0.25, -0.2) is 0 Å². The molecule has 0 spiro atoms. The molecule has 0 aromatic heterocycles. The molecule has 0 atom stereocenters. The van der Waals surface area contributed by atoms with Gasteiger partial charge in [0.2, 0.25) is 0 Å². The highest BCUT2D eigenvalue weighted by Gasteiger charge is 2.54. The van der Waals surface area contributed by atoms with Crippen molar-refractivity contribution in [1.29, 1.82) is 0 Å². The normalized spacial score (nSPS) is 43.9. The molecule has 0 heterocycles. The number of carbonyl (C=O) groups is 1. The molecule has 0 aromatic carbocycles. The van der Waals surface area contributed by atoms with Crippen LogP contribution in [0.4, 0.5) is 0 Å². The van der Waals surface area contributed by atoms with Crippen LogP contribution in [-0.4, -0.2) is 16.8 Å². The Balaban J connectivity index is 1.38. The van der Waals surface area contributed by atoms with Gasteiger partial charge in [-0.15, -0.1) is 0 Å². The number of Topliss-reactive ketones (excluding diaryl/α,β-unsaturated/α-hetero) is 1. The van der Waals surface area contributed by atoms with E-state index in [0.29, 0.717) is 5.78 Å². The summed E-state index contributed by atoms with van der Waals surface area (Å²) < 4.78 is 0. The molecule has 112 valence electrons. The predicted molar refractivity (Wildman–Crippen MR) is 84.9 cm³/mol. The fourth-order valence-corrected chi connectivity index (χ4v) is 7.39. The van der Waals surface area contributed by atoms with Gasteiger partial charge in [-0.05, 0) is 69.1 Å². The van der Waals surface area contributed by atoms with E-state index in [4.69, 9.17) is 0 Å². The summed E-state index contributed by atoms with van der Waals surface area (Å²) in [6, 6.07) is 0. The van der Waals surface area contributed by atoms with Crippen LogP contribution in [0.25, 0.3) is 0 Å². The molecule has 0 saturated heterocycles. The van der Waals surface area contributed by atoms with Gasteiger partial charge in [-0.2, -0.15) is 11.8 Å². The van der Waals surface area contributed by atoms with Gasteiger partial charge in [0.25, 0.3) is 0 Å². The Morgan fingerprint density at radius 2 is 1.45 bits per heavy atom. The Bertz CT molecular complexity index is 348. The molecule has 5 saturated carbocycles. The molecule has 1 nitrogen and oxygen atoms in total. The maximum Gasteiger partial charge on any atom is 0.148 e. The second-order valence-electron chi connectivity index (χ2n) is 8.19. The van der Waals surface area contributed by atoms with E-state index in [1.807, 2.05) is 11.8 Å². The zero-order chi connectivity index (χ0) is 13.6. The Labute approximate surface area is 127 Å². The molecule has 4 bridgehead atoms. The average Bonchev–Trinajstić information content (AvgIpc) is 2.44. The smallest absolute Gasteiger partial charge is 0.148 e. The third-order valence-corrected chi connectivity index (χ3v) is 8.00. The van der Waals surface area contributed by atoms with Crippen molar-refractivity contribution in [2.75, 3.05) is 5.75 Å². The first-order valence-corrected chi connectivity index (χ1v) is 9.93. The molecule has 0 radical (unpaired) electrons. The van der Waals surface area contributed by atoms with Crippen molar-refractivity contribution in [3.05, 3.63) is 0 Å². The number of carbonyl (C=O) groups excluding carboxylic acids is 1. The van der Waals surface area contributed by atoms with E-state index >= 15 is 0 Å². The minimum absolute atomic E-state index is 0.149. The van der Waals surface area contributed by atoms with Gasteiger partial charge in [0.1, 0.15) is 5.78 Å². The number of rotatable bonds is 4. The van der Waals surface area contributed by atoms with Crippen LogP contribution >= 0.6 is 11.8 Å². The summed E-state index contributed by atoms with van der Waals surface area (Å²) in [6.07, 6.45) is 15.0. The summed E-state index contributed by atoms with van der Waals surface area (Å²) >= 11 is 2.00. The first-order chi connectivity index (χ1) is 9.73. The maximum atomic E-state index is 12.9. The highest BCUT2D eigenvalue weighted by molar-refractivity contribution is 8.00. The zero-order valence-electron chi connectivity index (χ0n) is 12.6. The summed E-state index contributed by atoms with van der Waals surface area (Å²) in [5, 5.41) is 0.793.